The quantitative estimate of drug-likeness (QED) is 0.840. The number of nitrogens with one attached hydrogen (secondary N) is 1. The first-order valence-corrected chi connectivity index (χ1v) is 7.18. The van der Waals surface area contributed by atoms with Crippen LogP contribution < -0.4 is 15.8 Å². The van der Waals surface area contributed by atoms with Crippen LogP contribution in [0.25, 0.3) is 0 Å². The molecule has 0 aliphatic heterocycles. The van der Waals surface area contributed by atoms with Gasteiger partial charge in [0.15, 0.2) is 0 Å². The maximum Gasteiger partial charge on any atom is 0.241 e. The summed E-state index contributed by atoms with van der Waals surface area (Å²) in [4.78, 5) is 12.1. The van der Waals surface area contributed by atoms with E-state index < -0.39 is 6.04 Å². The van der Waals surface area contributed by atoms with Crippen molar-refractivity contribution < 1.29 is 9.53 Å². The lowest BCUT2D eigenvalue weighted by Gasteiger charge is -2.19. The van der Waals surface area contributed by atoms with Crippen LogP contribution in [0.3, 0.4) is 0 Å². The summed E-state index contributed by atoms with van der Waals surface area (Å²) in [5.74, 6) is 0.834. The normalized spacial score (nSPS) is 13.9. The van der Waals surface area contributed by atoms with Crippen LogP contribution in [-0.4, -0.2) is 18.1 Å². The zero-order chi connectivity index (χ0) is 15.3. The molecule has 0 spiro atoms. The molecule has 0 aliphatic rings. The van der Waals surface area contributed by atoms with Crippen molar-refractivity contribution in [2.45, 2.75) is 53.2 Å². The number of benzene rings is 1. The lowest BCUT2D eigenvalue weighted by Crippen LogP contribution is -2.40. The first kappa shape index (κ1) is 16.5. The van der Waals surface area contributed by atoms with Crippen molar-refractivity contribution in [3.05, 3.63) is 23.8 Å². The second-order valence-corrected chi connectivity index (χ2v) is 5.54. The van der Waals surface area contributed by atoms with E-state index in [1.165, 1.54) is 0 Å². The van der Waals surface area contributed by atoms with Crippen molar-refractivity contribution in [1.29, 1.82) is 0 Å². The van der Waals surface area contributed by atoms with Gasteiger partial charge in [0.25, 0.3) is 0 Å². The SMILES string of the molecule is CCC(C)C(N)C(=O)Nc1ccc(OC(C)C)cc1C. The number of hydrogen-bond acceptors (Lipinski definition) is 3. The summed E-state index contributed by atoms with van der Waals surface area (Å²) in [6.07, 6.45) is 1.02. The van der Waals surface area contributed by atoms with Gasteiger partial charge in [-0.15, -0.1) is 0 Å². The molecular weight excluding hydrogens is 252 g/mol. The first-order valence-electron chi connectivity index (χ1n) is 7.18. The molecule has 20 heavy (non-hydrogen) atoms. The minimum absolute atomic E-state index is 0.133. The van der Waals surface area contributed by atoms with E-state index in [4.69, 9.17) is 10.5 Å². The number of rotatable bonds is 6. The molecule has 1 amide bonds. The maximum atomic E-state index is 12.1. The molecule has 1 rings (SSSR count). The molecule has 4 nitrogen and oxygen atoms in total. The number of amides is 1. The van der Waals surface area contributed by atoms with Gasteiger partial charge in [-0.2, -0.15) is 0 Å². The molecule has 0 saturated carbocycles. The smallest absolute Gasteiger partial charge is 0.241 e. The van der Waals surface area contributed by atoms with E-state index in [2.05, 4.69) is 5.32 Å². The average molecular weight is 278 g/mol. The summed E-state index contributed by atoms with van der Waals surface area (Å²) in [5, 5.41) is 2.89. The first-order chi connectivity index (χ1) is 9.35. The minimum Gasteiger partial charge on any atom is -0.491 e. The average Bonchev–Trinajstić information content (AvgIpc) is 2.39. The predicted molar refractivity (Wildman–Crippen MR) is 83.0 cm³/mol. The summed E-state index contributed by atoms with van der Waals surface area (Å²) in [5.41, 5.74) is 7.68. The molecule has 3 N–H and O–H groups in total. The fourth-order valence-corrected chi connectivity index (χ4v) is 1.85. The second kappa shape index (κ2) is 7.29. The molecule has 4 heteroatoms. The third kappa shape index (κ3) is 4.53. The van der Waals surface area contributed by atoms with Gasteiger partial charge in [0, 0.05) is 5.69 Å². The van der Waals surface area contributed by atoms with Crippen LogP contribution in [0, 0.1) is 12.8 Å². The molecule has 0 fully saturated rings. The van der Waals surface area contributed by atoms with Crippen molar-refractivity contribution in [2.24, 2.45) is 11.7 Å². The summed E-state index contributed by atoms with van der Waals surface area (Å²) in [6, 6.07) is 5.15. The molecule has 112 valence electrons. The highest BCUT2D eigenvalue weighted by molar-refractivity contribution is 5.95. The number of hydrogen-bond donors (Lipinski definition) is 2. The predicted octanol–water partition coefficient (Wildman–Crippen LogP) is 3.09. The Labute approximate surface area is 121 Å². The van der Waals surface area contributed by atoms with Gasteiger partial charge >= 0.3 is 0 Å². The monoisotopic (exact) mass is 278 g/mol. The van der Waals surface area contributed by atoms with Gasteiger partial charge in [-0.25, -0.2) is 0 Å². The number of anilines is 1. The van der Waals surface area contributed by atoms with Gasteiger partial charge in [0.05, 0.1) is 12.1 Å². The molecule has 0 radical (unpaired) electrons. The standard InChI is InChI=1S/C16H26N2O2/c1-6-11(4)15(17)16(19)18-14-8-7-13(9-12(14)5)20-10(2)3/h7-11,15H,6,17H2,1-5H3,(H,18,19). The van der Waals surface area contributed by atoms with Gasteiger partial charge < -0.3 is 15.8 Å². The van der Waals surface area contributed by atoms with Crippen LogP contribution in [0.2, 0.25) is 0 Å². The fraction of sp³-hybridized carbons (Fsp3) is 0.562. The van der Waals surface area contributed by atoms with E-state index in [1.807, 2.05) is 52.8 Å². The zero-order valence-electron chi connectivity index (χ0n) is 13.1. The molecule has 0 aromatic heterocycles. The Hall–Kier alpha value is -1.55. The van der Waals surface area contributed by atoms with Gasteiger partial charge in [0.2, 0.25) is 5.91 Å². The minimum atomic E-state index is -0.481. The Morgan fingerprint density at radius 3 is 2.50 bits per heavy atom. The van der Waals surface area contributed by atoms with E-state index in [0.717, 1.165) is 23.4 Å². The van der Waals surface area contributed by atoms with E-state index in [1.54, 1.807) is 0 Å². The molecule has 0 heterocycles. The molecule has 0 aliphatic carbocycles. The molecule has 2 atom stereocenters. The number of ether oxygens (including phenoxy) is 1. The summed E-state index contributed by atoms with van der Waals surface area (Å²) in [7, 11) is 0. The molecular formula is C16H26N2O2. The van der Waals surface area contributed by atoms with E-state index in [-0.39, 0.29) is 17.9 Å². The topological polar surface area (TPSA) is 64.4 Å². The van der Waals surface area contributed by atoms with Crippen molar-refractivity contribution in [3.8, 4) is 5.75 Å². The number of carbonyl (C=O) groups excluding carboxylic acids is 1. The number of carbonyl (C=O) groups is 1. The molecule has 2 unspecified atom stereocenters. The van der Waals surface area contributed by atoms with E-state index in [9.17, 15) is 4.79 Å². The molecule has 1 aromatic rings. The zero-order valence-corrected chi connectivity index (χ0v) is 13.1. The highest BCUT2D eigenvalue weighted by Gasteiger charge is 2.19. The van der Waals surface area contributed by atoms with Gasteiger partial charge in [-0.3, -0.25) is 4.79 Å². The highest BCUT2D eigenvalue weighted by atomic mass is 16.5. The van der Waals surface area contributed by atoms with Crippen LogP contribution in [-0.2, 0) is 4.79 Å². The Kier molecular flexibility index (Phi) is 6.02. The van der Waals surface area contributed by atoms with Gasteiger partial charge in [-0.1, -0.05) is 20.3 Å². The van der Waals surface area contributed by atoms with Crippen molar-refractivity contribution in [1.82, 2.24) is 0 Å². The van der Waals surface area contributed by atoms with E-state index >= 15 is 0 Å². The largest absolute Gasteiger partial charge is 0.491 e. The lowest BCUT2D eigenvalue weighted by atomic mass is 9.99. The van der Waals surface area contributed by atoms with Crippen LogP contribution in [0.4, 0.5) is 5.69 Å². The summed E-state index contributed by atoms with van der Waals surface area (Å²) >= 11 is 0. The summed E-state index contributed by atoms with van der Waals surface area (Å²) < 4.78 is 5.62. The van der Waals surface area contributed by atoms with E-state index in [0.29, 0.717) is 0 Å². The molecule has 0 bridgehead atoms. The van der Waals surface area contributed by atoms with Crippen LogP contribution in [0.1, 0.15) is 39.7 Å². The molecule has 1 aromatic carbocycles. The number of aryl methyl sites for hydroxylation is 1. The Balaban J connectivity index is 2.76. The Bertz CT molecular complexity index is 458. The number of nitrogens with two attached hydrogens (primary N) is 1. The second-order valence-electron chi connectivity index (χ2n) is 5.54. The third-order valence-electron chi connectivity index (χ3n) is 3.39. The fourth-order valence-electron chi connectivity index (χ4n) is 1.85. The van der Waals surface area contributed by atoms with Crippen molar-refractivity contribution in [3.63, 3.8) is 0 Å². The van der Waals surface area contributed by atoms with Gasteiger partial charge in [0.1, 0.15) is 5.75 Å². The van der Waals surface area contributed by atoms with Crippen LogP contribution in [0.5, 0.6) is 5.75 Å². The maximum absolute atomic E-state index is 12.1. The van der Waals surface area contributed by atoms with Crippen LogP contribution in [0.15, 0.2) is 18.2 Å². The lowest BCUT2D eigenvalue weighted by molar-refractivity contribution is -0.118. The molecule has 0 saturated heterocycles. The van der Waals surface area contributed by atoms with Crippen molar-refractivity contribution in [2.75, 3.05) is 5.32 Å². The highest BCUT2D eigenvalue weighted by Crippen LogP contribution is 2.22. The van der Waals surface area contributed by atoms with Gasteiger partial charge in [-0.05, 0) is 50.5 Å². The third-order valence-corrected chi connectivity index (χ3v) is 3.39. The summed E-state index contributed by atoms with van der Waals surface area (Å²) in [6.45, 7) is 9.92. The Morgan fingerprint density at radius 1 is 1.35 bits per heavy atom. The Morgan fingerprint density at radius 2 is 2.00 bits per heavy atom. The van der Waals surface area contributed by atoms with Crippen molar-refractivity contribution >= 4 is 11.6 Å². The van der Waals surface area contributed by atoms with Crippen LogP contribution >= 0.6 is 0 Å².